The van der Waals surface area contributed by atoms with E-state index in [1.807, 2.05) is 42.5 Å². The van der Waals surface area contributed by atoms with Crippen molar-refractivity contribution >= 4 is 65.8 Å². The van der Waals surface area contributed by atoms with Gasteiger partial charge >= 0.3 is 0 Å². The fourth-order valence-electron chi connectivity index (χ4n) is 10.8. The molecule has 13 aromatic rings. The van der Waals surface area contributed by atoms with Crippen molar-refractivity contribution in [3.05, 3.63) is 211 Å². The van der Waals surface area contributed by atoms with Gasteiger partial charge in [0.15, 0.2) is 11.4 Å². The third kappa shape index (κ3) is 5.34. The SMILES string of the molecule is CC1(C)c2ccccc2-c2cc3c4cc(-c5ccc6oc7cccc(-c8nc(-c9ccccc9)c9oc%10ccc(-c%11ccccc%11)cc%10c9n8)c7c6c5)ccc4n(-c4ccccc4)c3cc21. The molecule has 0 aliphatic heterocycles. The van der Waals surface area contributed by atoms with E-state index in [4.69, 9.17) is 18.8 Å². The average molecular weight is 846 g/mol. The lowest BCUT2D eigenvalue weighted by Gasteiger charge is -2.21. The molecule has 310 valence electrons. The first-order valence-electron chi connectivity index (χ1n) is 22.6. The van der Waals surface area contributed by atoms with Gasteiger partial charge < -0.3 is 13.4 Å². The third-order valence-corrected chi connectivity index (χ3v) is 14.0. The fraction of sp³-hybridized carbons (Fsp3) is 0.0492. The maximum Gasteiger partial charge on any atom is 0.180 e. The number of fused-ring (bicyclic) bond motifs is 12. The zero-order chi connectivity index (χ0) is 43.7. The van der Waals surface area contributed by atoms with E-state index in [1.54, 1.807) is 0 Å². The first kappa shape index (κ1) is 36.9. The topological polar surface area (TPSA) is 57.0 Å². The minimum Gasteiger partial charge on any atom is -0.456 e. The Bertz CT molecular complexity index is 4120. The van der Waals surface area contributed by atoms with E-state index in [1.165, 1.54) is 44.1 Å². The maximum atomic E-state index is 6.62. The van der Waals surface area contributed by atoms with Crippen LogP contribution in [0.25, 0.3) is 128 Å². The molecule has 9 aromatic carbocycles. The first-order valence-corrected chi connectivity index (χ1v) is 22.6. The van der Waals surface area contributed by atoms with Crippen molar-refractivity contribution in [1.82, 2.24) is 14.5 Å². The van der Waals surface area contributed by atoms with Crippen LogP contribution in [0.3, 0.4) is 0 Å². The molecule has 0 fully saturated rings. The van der Waals surface area contributed by atoms with E-state index in [9.17, 15) is 0 Å². The normalized spacial score (nSPS) is 13.1. The van der Waals surface area contributed by atoms with Crippen molar-refractivity contribution in [1.29, 1.82) is 0 Å². The maximum absolute atomic E-state index is 6.62. The standard InChI is InChI=1S/C61H39N3O2/c1-61(2)49-23-13-12-21-42(49)44-34-46-45-31-39(25-28-51(45)64(52(46)35-50(44)61)41-19-10-5-11-20-41)40-27-29-53-47(32-40)56-43(22-14-24-55(56)65-53)60-62-57(37-17-8-4-9-18-37)59-58(63-60)48-33-38(26-30-54(48)66-59)36-15-6-3-7-16-36/h3-35H,1-2H3. The molecule has 1 aliphatic rings. The summed E-state index contributed by atoms with van der Waals surface area (Å²) in [7, 11) is 0. The molecule has 5 nitrogen and oxygen atoms in total. The average Bonchev–Trinajstić information content (AvgIpc) is 4.09. The zero-order valence-corrected chi connectivity index (χ0v) is 36.2. The molecule has 66 heavy (non-hydrogen) atoms. The number of benzene rings is 9. The van der Waals surface area contributed by atoms with Crippen LogP contribution < -0.4 is 0 Å². The van der Waals surface area contributed by atoms with E-state index >= 15 is 0 Å². The second kappa shape index (κ2) is 13.7. The molecule has 0 spiro atoms. The highest BCUT2D eigenvalue weighted by atomic mass is 16.3. The summed E-state index contributed by atoms with van der Waals surface area (Å²) in [5.41, 5.74) is 19.7. The summed E-state index contributed by atoms with van der Waals surface area (Å²) in [6, 6.07) is 71.2. The van der Waals surface area contributed by atoms with Crippen LogP contribution in [0.5, 0.6) is 0 Å². The van der Waals surface area contributed by atoms with Crippen molar-refractivity contribution < 1.29 is 8.83 Å². The van der Waals surface area contributed by atoms with Gasteiger partial charge in [0.2, 0.25) is 0 Å². The highest BCUT2D eigenvalue weighted by Crippen LogP contribution is 2.51. The summed E-state index contributed by atoms with van der Waals surface area (Å²) >= 11 is 0. The van der Waals surface area contributed by atoms with Gasteiger partial charge in [-0.2, -0.15) is 0 Å². The van der Waals surface area contributed by atoms with Gasteiger partial charge in [0.05, 0.1) is 11.0 Å². The molecule has 4 aromatic heterocycles. The zero-order valence-electron chi connectivity index (χ0n) is 36.2. The Kier molecular flexibility index (Phi) is 7.68. The molecule has 0 bridgehead atoms. The van der Waals surface area contributed by atoms with Crippen molar-refractivity contribution in [2.75, 3.05) is 0 Å². The van der Waals surface area contributed by atoms with E-state index < -0.39 is 0 Å². The second-order valence-corrected chi connectivity index (χ2v) is 18.1. The molecule has 0 N–H and O–H groups in total. The van der Waals surface area contributed by atoms with Crippen LogP contribution in [-0.2, 0) is 5.41 Å². The number of para-hydroxylation sites is 1. The summed E-state index contributed by atoms with van der Waals surface area (Å²) in [4.78, 5) is 10.7. The highest BCUT2D eigenvalue weighted by Gasteiger charge is 2.36. The lowest BCUT2D eigenvalue weighted by molar-refractivity contribution is 0.661. The molecule has 4 heterocycles. The van der Waals surface area contributed by atoms with Gasteiger partial charge in [0.25, 0.3) is 0 Å². The van der Waals surface area contributed by atoms with Gasteiger partial charge in [-0.05, 0) is 111 Å². The van der Waals surface area contributed by atoms with Crippen LogP contribution >= 0.6 is 0 Å². The fourth-order valence-corrected chi connectivity index (χ4v) is 10.8. The number of hydrogen-bond acceptors (Lipinski definition) is 4. The number of furan rings is 2. The molecule has 0 unspecified atom stereocenters. The number of aromatic nitrogens is 3. The molecule has 1 aliphatic carbocycles. The largest absolute Gasteiger partial charge is 0.456 e. The van der Waals surface area contributed by atoms with Gasteiger partial charge in [-0.3, -0.25) is 0 Å². The molecule has 14 rings (SSSR count). The number of rotatable bonds is 5. The smallest absolute Gasteiger partial charge is 0.180 e. The van der Waals surface area contributed by atoms with E-state index in [0.29, 0.717) is 11.4 Å². The molecule has 0 saturated heterocycles. The summed E-state index contributed by atoms with van der Waals surface area (Å²) in [5, 5.41) is 5.38. The Balaban J connectivity index is 0.971. The highest BCUT2D eigenvalue weighted by molar-refractivity contribution is 6.16. The van der Waals surface area contributed by atoms with E-state index in [-0.39, 0.29) is 5.41 Å². The first-order chi connectivity index (χ1) is 32.5. The van der Waals surface area contributed by atoms with Crippen molar-refractivity contribution in [3.8, 4) is 61.7 Å². The minimum absolute atomic E-state index is 0.108. The Labute approximate surface area is 379 Å². The molecule has 5 heteroatoms. The molecule has 0 amide bonds. The lowest BCUT2D eigenvalue weighted by Crippen LogP contribution is -2.14. The Morgan fingerprint density at radius 1 is 0.409 bits per heavy atom. The molecule has 0 radical (unpaired) electrons. The lowest BCUT2D eigenvalue weighted by atomic mass is 9.82. The monoisotopic (exact) mass is 845 g/mol. The van der Waals surface area contributed by atoms with Gasteiger partial charge in [0, 0.05) is 49.2 Å². The van der Waals surface area contributed by atoms with E-state index in [0.717, 1.165) is 83.2 Å². The van der Waals surface area contributed by atoms with Crippen LogP contribution in [0.15, 0.2) is 209 Å². The van der Waals surface area contributed by atoms with Crippen molar-refractivity contribution in [2.45, 2.75) is 19.3 Å². The predicted molar refractivity (Wildman–Crippen MR) is 270 cm³/mol. The van der Waals surface area contributed by atoms with Gasteiger partial charge in [0.1, 0.15) is 28.0 Å². The van der Waals surface area contributed by atoms with Gasteiger partial charge in [-0.15, -0.1) is 0 Å². The number of hydrogen-bond donors (Lipinski definition) is 0. The quantitative estimate of drug-likeness (QED) is 0.173. The summed E-state index contributed by atoms with van der Waals surface area (Å²) < 4.78 is 15.7. The van der Waals surface area contributed by atoms with Crippen LogP contribution in [-0.4, -0.2) is 14.5 Å². The van der Waals surface area contributed by atoms with Crippen molar-refractivity contribution in [3.63, 3.8) is 0 Å². The van der Waals surface area contributed by atoms with Crippen molar-refractivity contribution in [2.24, 2.45) is 0 Å². The Morgan fingerprint density at radius 3 is 1.82 bits per heavy atom. The Morgan fingerprint density at radius 2 is 1.03 bits per heavy atom. The van der Waals surface area contributed by atoms with Crippen LogP contribution in [0.1, 0.15) is 25.0 Å². The molecule has 0 saturated carbocycles. The molecular weight excluding hydrogens is 807 g/mol. The number of nitrogens with zero attached hydrogens (tertiary/aromatic N) is 3. The van der Waals surface area contributed by atoms with Crippen LogP contribution in [0, 0.1) is 0 Å². The van der Waals surface area contributed by atoms with E-state index in [2.05, 4.69) is 176 Å². The molecule has 0 atom stereocenters. The molecular formula is C61H39N3O2. The third-order valence-electron chi connectivity index (χ3n) is 14.0. The predicted octanol–water partition coefficient (Wildman–Crippen LogP) is 16.3. The Hall–Kier alpha value is -8.54. The minimum atomic E-state index is -0.108. The summed E-state index contributed by atoms with van der Waals surface area (Å²) in [6.07, 6.45) is 0. The van der Waals surface area contributed by atoms with Gasteiger partial charge in [-0.1, -0.05) is 147 Å². The van der Waals surface area contributed by atoms with Crippen LogP contribution in [0.4, 0.5) is 0 Å². The van der Waals surface area contributed by atoms with Crippen LogP contribution in [0.2, 0.25) is 0 Å². The van der Waals surface area contributed by atoms with Gasteiger partial charge in [-0.25, -0.2) is 9.97 Å². The summed E-state index contributed by atoms with van der Waals surface area (Å²) in [6.45, 7) is 4.71. The second-order valence-electron chi connectivity index (χ2n) is 18.1. The summed E-state index contributed by atoms with van der Waals surface area (Å²) in [5.74, 6) is 0.611.